The van der Waals surface area contributed by atoms with Crippen molar-refractivity contribution in [3.8, 4) is 0 Å². The second-order valence-electron chi connectivity index (χ2n) is 28.0. The number of rotatable bonds is 70. The number of carbonyl (C=O) groups is 4. The maximum atomic E-state index is 13.0. The molecule has 0 aromatic heterocycles. The second-order valence-corrected chi connectivity index (χ2v) is 30.9. The van der Waals surface area contributed by atoms with Crippen molar-refractivity contribution in [2.24, 2.45) is 23.7 Å². The molecule has 0 rings (SSSR count). The van der Waals surface area contributed by atoms with Crippen molar-refractivity contribution in [2.45, 2.75) is 382 Å². The molecule has 0 fully saturated rings. The third-order valence-electron chi connectivity index (χ3n) is 17.2. The summed E-state index contributed by atoms with van der Waals surface area (Å²) in [5, 5.41) is 10.6. The van der Waals surface area contributed by atoms with Crippen LogP contribution in [0.15, 0.2) is 0 Å². The summed E-state index contributed by atoms with van der Waals surface area (Å²) in [5.41, 5.74) is 0. The molecule has 0 saturated carbocycles. The van der Waals surface area contributed by atoms with Crippen molar-refractivity contribution in [3.05, 3.63) is 0 Å². The molecule has 546 valence electrons. The molecule has 0 bridgehead atoms. The SMILES string of the molecule is CCC(C)CCCCCCCCC(=O)OC[C@H](COP(=O)(O)OC[C@H](O)COP(=O)(O)OC[C@@H](COC(=O)CCCCCCCCCCCCCC(C)C)OC(=O)CCCCCCCCCCCC(C)C)OC(=O)CCCCCCCCCCCCCCCC(C)C. The monoisotopic (exact) mass is 1350 g/mol. The molecule has 0 heterocycles. The van der Waals surface area contributed by atoms with E-state index in [1.807, 2.05) is 0 Å². The Morgan fingerprint density at radius 2 is 0.522 bits per heavy atom. The van der Waals surface area contributed by atoms with Crippen LogP contribution in [0.4, 0.5) is 0 Å². The number of phosphoric ester groups is 2. The van der Waals surface area contributed by atoms with E-state index in [1.165, 1.54) is 161 Å². The van der Waals surface area contributed by atoms with Crippen LogP contribution in [-0.4, -0.2) is 96.7 Å². The standard InChI is InChI=1S/C73H142O17P2/c1-9-66(8)52-44-36-31-32-38-46-54-71(76)84-60-69(90-72(77)55-47-39-29-23-16-12-10-11-14-19-25-33-41-49-63(2)3)62-88-92(81,82)86-58-67(74)57-85-91(79,80)87-61-68(89-73(78)56-48-40-30-24-18-21-27-35-43-51-65(6)7)59-83-70(75)53-45-37-28-22-17-13-15-20-26-34-42-50-64(4)5/h63-69,74H,9-62H2,1-8H3,(H,79,80)(H,81,82)/t66?,67-,68-,69-/m1/s1. The number of phosphoric acid groups is 2. The fraction of sp³-hybridized carbons (Fsp3) is 0.945. The normalized spacial score (nSPS) is 14.5. The molecule has 0 radical (unpaired) electrons. The first kappa shape index (κ1) is 90.1. The van der Waals surface area contributed by atoms with Gasteiger partial charge in [-0.25, -0.2) is 9.13 Å². The van der Waals surface area contributed by atoms with Gasteiger partial charge in [-0.3, -0.25) is 37.3 Å². The van der Waals surface area contributed by atoms with Crippen molar-refractivity contribution >= 4 is 39.5 Å². The van der Waals surface area contributed by atoms with E-state index in [2.05, 4.69) is 55.4 Å². The summed E-state index contributed by atoms with van der Waals surface area (Å²) in [6.45, 7) is 14.1. The van der Waals surface area contributed by atoms with Crippen molar-refractivity contribution in [1.29, 1.82) is 0 Å². The van der Waals surface area contributed by atoms with E-state index >= 15 is 0 Å². The molecule has 0 saturated heterocycles. The van der Waals surface area contributed by atoms with Crippen LogP contribution in [0.2, 0.25) is 0 Å². The lowest BCUT2D eigenvalue weighted by atomic mass is 10.00. The molecule has 0 aromatic carbocycles. The first-order chi connectivity index (χ1) is 44.1. The van der Waals surface area contributed by atoms with Gasteiger partial charge in [-0.1, -0.05) is 312 Å². The number of aliphatic hydroxyl groups is 1. The molecule has 17 nitrogen and oxygen atoms in total. The van der Waals surface area contributed by atoms with E-state index in [4.69, 9.17) is 37.0 Å². The lowest BCUT2D eigenvalue weighted by Crippen LogP contribution is -2.30. The number of esters is 4. The summed E-state index contributed by atoms with van der Waals surface area (Å²) in [4.78, 5) is 72.7. The Bertz CT molecular complexity index is 1820. The zero-order valence-electron chi connectivity index (χ0n) is 60.2. The third-order valence-corrected chi connectivity index (χ3v) is 19.1. The average Bonchev–Trinajstić information content (AvgIpc) is 3.72. The fourth-order valence-corrected chi connectivity index (χ4v) is 12.6. The lowest BCUT2D eigenvalue weighted by molar-refractivity contribution is -0.161. The number of hydrogen-bond acceptors (Lipinski definition) is 15. The van der Waals surface area contributed by atoms with E-state index in [9.17, 15) is 43.2 Å². The quantitative estimate of drug-likeness (QED) is 0.0222. The summed E-state index contributed by atoms with van der Waals surface area (Å²) in [6, 6.07) is 0. The highest BCUT2D eigenvalue weighted by Crippen LogP contribution is 2.45. The summed E-state index contributed by atoms with van der Waals surface area (Å²) in [7, 11) is -9.91. The number of hydrogen-bond donors (Lipinski definition) is 3. The number of unbranched alkanes of at least 4 members (excludes halogenated alkanes) is 35. The minimum absolute atomic E-state index is 0.105. The second kappa shape index (κ2) is 62.6. The Hall–Kier alpha value is -1.94. The summed E-state index contributed by atoms with van der Waals surface area (Å²) >= 11 is 0. The largest absolute Gasteiger partial charge is 0.472 e. The van der Waals surface area contributed by atoms with Crippen LogP contribution >= 0.6 is 15.6 Å². The van der Waals surface area contributed by atoms with Crippen LogP contribution in [0.1, 0.15) is 364 Å². The molecule has 0 aliphatic rings. The molecule has 0 spiro atoms. The zero-order valence-corrected chi connectivity index (χ0v) is 62.0. The van der Waals surface area contributed by atoms with Gasteiger partial charge in [0.05, 0.1) is 26.4 Å². The highest BCUT2D eigenvalue weighted by molar-refractivity contribution is 7.47. The van der Waals surface area contributed by atoms with Crippen molar-refractivity contribution < 1.29 is 80.2 Å². The van der Waals surface area contributed by atoms with Crippen LogP contribution in [0.25, 0.3) is 0 Å². The van der Waals surface area contributed by atoms with Gasteiger partial charge < -0.3 is 33.8 Å². The summed E-state index contributed by atoms with van der Waals surface area (Å²) < 4.78 is 68.4. The maximum Gasteiger partial charge on any atom is 0.472 e. The Morgan fingerprint density at radius 1 is 0.304 bits per heavy atom. The van der Waals surface area contributed by atoms with Gasteiger partial charge >= 0.3 is 39.5 Å². The van der Waals surface area contributed by atoms with Crippen molar-refractivity contribution in [1.82, 2.24) is 0 Å². The Kier molecular flexibility index (Phi) is 61.3. The zero-order chi connectivity index (χ0) is 68.2. The lowest BCUT2D eigenvalue weighted by Gasteiger charge is -2.21. The topological polar surface area (TPSA) is 237 Å². The average molecular weight is 1350 g/mol. The highest BCUT2D eigenvalue weighted by atomic mass is 31.2. The van der Waals surface area contributed by atoms with Gasteiger partial charge in [0.15, 0.2) is 12.2 Å². The number of carbonyl (C=O) groups excluding carboxylic acids is 4. The molecule has 6 atom stereocenters. The molecule has 0 aliphatic heterocycles. The van der Waals surface area contributed by atoms with Crippen molar-refractivity contribution in [3.63, 3.8) is 0 Å². The Balaban J connectivity index is 5.25. The molecule has 0 amide bonds. The molecular weight excluding hydrogens is 1210 g/mol. The summed E-state index contributed by atoms with van der Waals surface area (Å²) in [6.07, 6.45) is 45.8. The first-order valence-corrected chi connectivity index (χ1v) is 40.7. The Morgan fingerprint density at radius 3 is 0.772 bits per heavy atom. The predicted molar refractivity (Wildman–Crippen MR) is 372 cm³/mol. The van der Waals surface area contributed by atoms with Crippen LogP contribution in [-0.2, 0) is 65.4 Å². The van der Waals surface area contributed by atoms with Gasteiger partial charge in [0.25, 0.3) is 0 Å². The van der Waals surface area contributed by atoms with Crippen LogP contribution in [0.3, 0.4) is 0 Å². The molecule has 3 N–H and O–H groups in total. The highest BCUT2D eigenvalue weighted by Gasteiger charge is 2.30. The molecule has 92 heavy (non-hydrogen) atoms. The maximum absolute atomic E-state index is 13.0. The third kappa shape index (κ3) is 65.4. The number of aliphatic hydroxyl groups excluding tert-OH is 1. The van der Waals surface area contributed by atoms with Gasteiger partial charge in [-0.05, 0) is 49.4 Å². The smallest absolute Gasteiger partial charge is 0.462 e. The minimum Gasteiger partial charge on any atom is -0.462 e. The predicted octanol–water partition coefficient (Wildman–Crippen LogP) is 20.9. The molecule has 0 aromatic rings. The van der Waals surface area contributed by atoms with E-state index in [-0.39, 0.29) is 25.7 Å². The minimum atomic E-state index is -4.95. The van der Waals surface area contributed by atoms with E-state index < -0.39 is 97.5 Å². The van der Waals surface area contributed by atoms with Crippen LogP contribution in [0.5, 0.6) is 0 Å². The summed E-state index contributed by atoms with van der Waals surface area (Å²) in [5.74, 6) is 0.899. The van der Waals surface area contributed by atoms with Gasteiger partial charge in [0.1, 0.15) is 19.3 Å². The molecular formula is C73H142O17P2. The first-order valence-electron chi connectivity index (χ1n) is 37.7. The molecule has 19 heteroatoms. The number of ether oxygens (including phenoxy) is 4. The molecule has 3 unspecified atom stereocenters. The van der Waals surface area contributed by atoms with Crippen LogP contribution < -0.4 is 0 Å². The van der Waals surface area contributed by atoms with Gasteiger partial charge in [0.2, 0.25) is 0 Å². The van der Waals surface area contributed by atoms with Crippen LogP contribution in [0, 0.1) is 23.7 Å². The molecule has 0 aliphatic carbocycles. The van der Waals surface area contributed by atoms with E-state index in [0.29, 0.717) is 25.7 Å². The Labute approximate surface area is 562 Å². The fourth-order valence-electron chi connectivity index (χ4n) is 11.0. The van der Waals surface area contributed by atoms with E-state index in [0.717, 1.165) is 120 Å². The van der Waals surface area contributed by atoms with E-state index in [1.54, 1.807) is 0 Å². The van der Waals surface area contributed by atoms with Gasteiger partial charge in [-0.2, -0.15) is 0 Å². The van der Waals surface area contributed by atoms with Gasteiger partial charge in [-0.15, -0.1) is 0 Å². The van der Waals surface area contributed by atoms with Gasteiger partial charge in [0, 0.05) is 25.7 Å². The van der Waals surface area contributed by atoms with Crippen molar-refractivity contribution in [2.75, 3.05) is 39.6 Å².